The smallest absolute Gasteiger partial charge is 0.350 e. The number of anilines is 1. The lowest BCUT2D eigenvalue weighted by atomic mass is 9.82. The molecule has 20 heteroatoms. The summed E-state index contributed by atoms with van der Waals surface area (Å²) < 4.78 is 7.29. The van der Waals surface area contributed by atoms with Gasteiger partial charge in [-0.05, 0) is 13.8 Å². The van der Waals surface area contributed by atoms with Crippen molar-refractivity contribution in [3.05, 3.63) is 36.0 Å². The number of rotatable bonds is 8. The van der Waals surface area contributed by atoms with E-state index in [2.05, 4.69) is 15.5 Å². The number of aliphatic carboxylic acids is 1. The number of carboxylic acid groups (broad SMARTS) is 1. The number of nitrogens with one attached hydrogen (secondary N) is 1. The molecular formula is C22H35N6O12S2+. The molecule has 2 amide bonds. The number of nitrogens with two attached hydrogens (primary N) is 1. The molecule has 4 rings (SSSR count). The molecule has 2 aromatic rings. The molecule has 0 spiro atoms. The summed E-state index contributed by atoms with van der Waals surface area (Å²) in [6, 6.07) is 5.26. The standard InChI is InChI=1S/C22H24N6O7S2.5H2O/c1-12(29)24-16-22(11-27-7-5-4-6-8-27,19(33)34-13-10-36-20(23)25-13)17(26-35-21(2,3)18(31)32)37-15-9-14(30)28(15)16;;;;;/h4-8,10,15-16H,9,11H2,1-3H3,(H3-,23,24,25,29,31,32);5*1H2/p+1/t15-,16?,22?;;;;;/m1...../s1. The van der Waals surface area contributed by atoms with Crippen LogP contribution in [-0.4, -0.2) is 88.3 Å². The predicted octanol–water partition coefficient (Wildman–Crippen LogP) is -3.56. The van der Waals surface area contributed by atoms with E-state index >= 15 is 0 Å². The lowest BCUT2D eigenvalue weighted by Gasteiger charge is -2.54. The molecule has 236 valence electrons. The summed E-state index contributed by atoms with van der Waals surface area (Å²) >= 11 is 2.13. The van der Waals surface area contributed by atoms with E-state index in [0.29, 0.717) is 0 Å². The van der Waals surface area contributed by atoms with Crippen molar-refractivity contribution in [2.45, 2.75) is 50.9 Å². The van der Waals surface area contributed by atoms with Gasteiger partial charge in [0.2, 0.25) is 28.7 Å². The maximum atomic E-state index is 14.1. The van der Waals surface area contributed by atoms with Crippen LogP contribution in [0.25, 0.3) is 0 Å². The first-order valence-electron chi connectivity index (χ1n) is 11.1. The van der Waals surface area contributed by atoms with Crippen molar-refractivity contribution >= 4 is 57.0 Å². The lowest BCUT2D eigenvalue weighted by molar-refractivity contribution is -0.705. The third-order valence-electron chi connectivity index (χ3n) is 5.81. The van der Waals surface area contributed by atoms with Gasteiger partial charge in [-0.3, -0.25) is 14.4 Å². The molecule has 18 nitrogen and oxygen atoms in total. The largest absolute Gasteiger partial charge is 0.478 e. The van der Waals surface area contributed by atoms with E-state index in [9.17, 15) is 24.3 Å². The number of ether oxygens (including phenoxy) is 1. The van der Waals surface area contributed by atoms with Crippen molar-refractivity contribution in [2.24, 2.45) is 10.6 Å². The number of hydrogen-bond acceptors (Lipinski definition) is 11. The van der Waals surface area contributed by atoms with Gasteiger partial charge in [0.05, 0.1) is 17.2 Å². The third-order valence-corrected chi connectivity index (χ3v) is 7.79. The minimum absolute atomic E-state index is 0. The Hall–Kier alpha value is -3.92. The van der Waals surface area contributed by atoms with E-state index < -0.39 is 40.4 Å². The van der Waals surface area contributed by atoms with Crippen LogP contribution < -0.4 is 20.4 Å². The highest BCUT2D eigenvalue weighted by Crippen LogP contribution is 2.48. The van der Waals surface area contributed by atoms with Gasteiger partial charge in [0, 0.05) is 19.1 Å². The number of thiazole rings is 1. The van der Waals surface area contributed by atoms with E-state index in [1.165, 1.54) is 31.1 Å². The maximum absolute atomic E-state index is 14.1. The average molecular weight is 640 g/mol. The van der Waals surface area contributed by atoms with Crippen LogP contribution in [0.3, 0.4) is 0 Å². The number of oxime groups is 1. The van der Waals surface area contributed by atoms with Crippen molar-refractivity contribution in [1.82, 2.24) is 15.2 Å². The van der Waals surface area contributed by atoms with Crippen LogP contribution in [-0.2, 0) is 30.6 Å². The van der Waals surface area contributed by atoms with Gasteiger partial charge in [-0.1, -0.05) is 23.0 Å². The Morgan fingerprint density at radius 2 is 1.83 bits per heavy atom. The lowest BCUT2D eigenvalue weighted by Crippen LogP contribution is -2.76. The highest BCUT2D eigenvalue weighted by atomic mass is 32.2. The van der Waals surface area contributed by atoms with Crippen LogP contribution in [0.2, 0.25) is 0 Å². The number of nitrogen functional groups attached to an aromatic ring is 1. The number of aromatic nitrogens is 2. The summed E-state index contributed by atoms with van der Waals surface area (Å²) in [6.45, 7) is 3.73. The molecule has 2 unspecified atom stereocenters. The number of fused-ring (bicyclic) bond motifs is 1. The molecule has 3 atom stereocenters. The fourth-order valence-electron chi connectivity index (χ4n) is 3.83. The topological polar surface area (TPSA) is 335 Å². The molecule has 0 radical (unpaired) electrons. The average Bonchev–Trinajstić information content (AvgIpc) is 3.23. The molecule has 0 bridgehead atoms. The number of carbonyl (C=O) groups is 4. The van der Waals surface area contributed by atoms with Crippen molar-refractivity contribution in [3.8, 4) is 5.88 Å². The minimum atomic E-state index is -1.85. The zero-order valence-corrected chi connectivity index (χ0v) is 24.2. The summed E-state index contributed by atoms with van der Waals surface area (Å²) in [5, 5.41) is 17.6. The molecule has 14 N–H and O–H groups in total. The molecule has 0 saturated carbocycles. The molecule has 2 fully saturated rings. The van der Waals surface area contributed by atoms with E-state index in [-0.39, 0.29) is 62.3 Å². The molecule has 2 aliphatic rings. The minimum Gasteiger partial charge on any atom is -0.478 e. The quantitative estimate of drug-likeness (QED) is 0.110. The second-order valence-electron chi connectivity index (χ2n) is 8.92. The van der Waals surface area contributed by atoms with Crippen LogP contribution >= 0.6 is 23.1 Å². The van der Waals surface area contributed by atoms with E-state index in [0.717, 1.165) is 23.1 Å². The zero-order chi connectivity index (χ0) is 27.0. The first-order valence-corrected chi connectivity index (χ1v) is 12.8. The Labute approximate surface area is 247 Å². The Morgan fingerprint density at radius 1 is 1.21 bits per heavy atom. The summed E-state index contributed by atoms with van der Waals surface area (Å²) in [5.41, 5.74) is 2.12. The van der Waals surface area contributed by atoms with Gasteiger partial charge in [0.1, 0.15) is 11.2 Å². The number of carboxylic acids is 1. The summed E-state index contributed by atoms with van der Waals surface area (Å²) in [4.78, 5) is 61.6. The SMILES string of the molecule is CC(=O)NC1N2C(=O)C[C@H]2SC(=NOC(C)(C)C(=O)O)C1(C[n+]1ccccc1)C(=O)Oc1csc(N)n1.O.O.O.O.O. The number of thioether (sulfide) groups is 1. The fourth-order valence-corrected chi connectivity index (χ4v) is 5.68. The second-order valence-corrected chi connectivity index (χ2v) is 11.0. The van der Waals surface area contributed by atoms with E-state index in [1.54, 1.807) is 35.2 Å². The number of β-lactam (4-membered cyclic amide) rings is 1. The second kappa shape index (κ2) is 15.3. The number of carbonyl (C=O) groups excluding carboxylic acids is 3. The number of hydrogen-bond donors (Lipinski definition) is 3. The van der Waals surface area contributed by atoms with Gasteiger partial charge >= 0.3 is 11.9 Å². The van der Waals surface area contributed by atoms with Gasteiger partial charge in [-0.15, -0.1) is 11.3 Å². The first-order chi connectivity index (χ1) is 17.4. The van der Waals surface area contributed by atoms with Crippen LogP contribution in [0.4, 0.5) is 5.13 Å². The zero-order valence-electron chi connectivity index (χ0n) is 22.6. The van der Waals surface area contributed by atoms with Crippen LogP contribution in [0.5, 0.6) is 5.88 Å². The highest BCUT2D eigenvalue weighted by Gasteiger charge is 2.66. The molecule has 4 heterocycles. The normalized spacial score (nSPS) is 21.3. The van der Waals surface area contributed by atoms with Crippen molar-refractivity contribution in [3.63, 3.8) is 0 Å². The van der Waals surface area contributed by atoms with Crippen molar-refractivity contribution < 1.29 is 65.8 Å². The summed E-state index contributed by atoms with van der Waals surface area (Å²) in [6.07, 6.45) is 2.29. The Bertz CT molecular complexity index is 1280. The predicted molar refractivity (Wildman–Crippen MR) is 150 cm³/mol. The monoisotopic (exact) mass is 639 g/mol. The van der Waals surface area contributed by atoms with Gasteiger partial charge < -0.3 is 58.0 Å². The van der Waals surface area contributed by atoms with Gasteiger partial charge in [0.25, 0.3) is 0 Å². The third kappa shape index (κ3) is 7.67. The number of amides is 2. The Kier molecular flexibility index (Phi) is 14.7. The molecule has 0 aliphatic carbocycles. The summed E-state index contributed by atoms with van der Waals surface area (Å²) in [7, 11) is 0. The van der Waals surface area contributed by atoms with E-state index in [1.807, 2.05) is 0 Å². The van der Waals surface area contributed by atoms with Crippen LogP contribution in [0.1, 0.15) is 27.2 Å². The van der Waals surface area contributed by atoms with E-state index in [4.69, 9.17) is 15.3 Å². The Morgan fingerprint density at radius 3 is 2.33 bits per heavy atom. The van der Waals surface area contributed by atoms with Gasteiger partial charge in [-0.2, -0.15) is 4.98 Å². The van der Waals surface area contributed by atoms with Crippen molar-refractivity contribution in [1.29, 1.82) is 0 Å². The number of pyridine rings is 1. The Balaban J connectivity index is 0. The molecule has 2 saturated heterocycles. The first kappa shape index (κ1) is 40.2. The summed E-state index contributed by atoms with van der Waals surface area (Å²) in [5.74, 6) is -3.03. The van der Waals surface area contributed by atoms with Gasteiger partial charge in [0.15, 0.2) is 24.1 Å². The molecule has 2 aromatic heterocycles. The van der Waals surface area contributed by atoms with Crippen molar-refractivity contribution in [2.75, 3.05) is 5.73 Å². The molecule has 42 heavy (non-hydrogen) atoms. The van der Waals surface area contributed by atoms with Gasteiger partial charge in [-0.25, -0.2) is 9.36 Å². The van der Waals surface area contributed by atoms with Crippen LogP contribution in [0.15, 0.2) is 41.1 Å². The molecular weight excluding hydrogens is 604 g/mol. The fraction of sp³-hybridized carbons (Fsp3) is 0.409. The highest BCUT2D eigenvalue weighted by molar-refractivity contribution is 8.14. The molecule has 0 aromatic carbocycles. The molecule has 2 aliphatic heterocycles. The number of nitrogens with zero attached hydrogens (tertiary/aromatic N) is 4. The van der Waals surface area contributed by atoms with Crippen LogP contribution in [0, 0.1) is 5.41 Å². The maximum Gasteiger partial charge on any atom is 0.350 e. The number of esters is 1.